The van der Waals surface area contributed by atoms with Crippen molar-refractivity contribution in [1.82, 2.24) is 0 Å². The van der Waals surface area contributed by atoms with Gasteiger partial charge in [-0.15, -0.1) is 0 Å². The molecule has 0 aliphatic heterocycles. The summed E-state index contributed by atoms with van der Waals surface area (Å²) in [7, 11) is 0. The Kier molecular flexibility index (Phi) is 10.0. The molecule has 4 heteroatoms. The largest absolute Gasteiger partial charge is 0.303 e. The molecule has 3 unspecified atom stereocenters. The van der Waals surface area contributed by atoms with E-state index < -0.39 is 0 Å². The van der Waals surface area contributed by atoms with Crippen LogP contribution < -0.4 is 0 Å². The molecule has 0 radical (unpaired) electrons. The summed E-state index contributed by atoms with van der Waals surface area (Å²) in [4.78, 5) is 42.3. The lowest BCUT2D eigenvalue weighted by atomic mass is 9.90. The molecule has 102 valence electrons. The van der Waals surface area contributed by atoms with Gasteiger partial charge < -0.3 is 19.2 Å². The van der Waals surface area contributed by atoms with Crippen LogP contribution in [0.4, 0.5) is 0 Å². The Labute approximate surface area is 108 Å². The first-order valence-electron chi connectivity index (χ1n) is 6.47. The average molecular weight is 254 g/mol. The molecule has 3 atom stereocenters. The van der Waals surface area contributed by atoms with Crippen LogP contribution in [0.25, 0.3) is 0 Å². The predicted molar refractivity (Wildman–Crippen MR) is 68.1 cm³/mol. The van der Waals surface area contributed by atoms with E-state index in [4.69, 9.17) is 0 Å². The average Bonchev–Trinajstić information content (AvgIpc) is 2.40. The van der Waals surface area contributed by atoms with Crippen molar-refractivity contribution < 1.29 is 19.2 Å². The minimum atomic E-state index is -0.108. The maximum absolute atomic E-state index is 10.8. The Morgan fingerprint density at radius 2 is 1.44 bits per heavy atom. The van der Waals surface area contributed by atoms with Gasteiger partial charge >= 0.3 is 0 Å². The zero-order chi connectivity index (χ0) is 13.8. The molecular formula is C14H22O4. The van der Waals surface area contributed by atoms with Gasteiger partial charge in [0.15, 0.2) is 0 Å². The Hall–Kier alpha value is -1.32. The van der Waals surface area contributed by atoms with E-state index in [0.717, 1.165) is 31.6 Å². The van der Waals surface area contributed by atoms with Crippen molar-refractivity contribution in [3.05, 3.63) is 0 Å². The van der Waals surface area contributed by atoms with Gasteiger partial charge in [-0.25, -0.2) is 0 Å². The van der Waals surface area contributed by atoms with Gasteiger partial charge in [0.05, 0.1) is 0 Å². The number of aldehydes is 4. The fourth-order valence-electron chi connectivity index (χ4n) is 1.98. The molecule has 4 nitrogen and oxygen atoms in total. The second kappa shape index (κ2) is 10.8. The zero-order valence-electron chi connectivity index (χ0n) is 10.9. The maximum Gasteiger partial charge on any atom is 0.123 e. The van der Waals surface area contributed by atoms with E-state index >= 15 is 0 Å². The van der Waals surface area contributed by atoms with Crippen LogP contribution in [-0.4, -0.2) is 25.1 Å². The summed E-state index contributed by atoms with van der Waals surface area (Å²) < 4.78 is 0. The first kappa shape index (κ1) is 16.7. The summed E-state index contributed by atoms with van der Waals surface area (Å²) in [5.41, 5.74) is 0. The Balaban J connectivity index is 3.89. The van der Waals surface area contributed by atoms with Crippen LogP contribution in [-0.2, 0) is 19.2 Å². The topological polar surface area (TPSA) is 68.3 Å². The highest BCUT2D eigenvalue weighted by Crippen LogP contribution is 2.18. The molecular weight excluding hydrogens is 232 g/mol. The fourth-order valence-corrected chi connectivity index (χ4v) is 1.98. The summed E-state index contributed by atoms with van der Waals surface area (Å²) in [6, 6.07) is 0. The van der Waals surface area contributed by atoms with Gasteiger partial charge in [0.25, 0.3) is 0 Å². The van der Waals surface area contributed by atoms with Gasteiger partial charge in [-0.05, 0) is 25.7 Å². The minimum absolute atomic E-state index is 0.0917. The molecule has 0 aromatic rings. The highest BCUT2D eigenvalue weighted by atomic mass is 16.1. The predicted octanol–water partition coefficient (Wildman–Crippen LogP) is 1.99. The molecule has 0 aromatic heterocycles. The Bertz CT molecular complexity index is 263. The van der Waals surface area contributed by atoms with Crippen LogP contribution >= 0.6 is 0 Å². The van der Waals surface area contributed by atoms with Crippen LogP contribution in [0, 0.1) is 17.8 Å². The molecule has 0 aromatic carbocycles. The van der Waals surface area contributed by atoms with E-state index in [0.29, 0.717) is 32.1 Å². The van der Waals surface area contributed by atoms with Crippen molar-refractivity contribution >= 4 is 25.1 Å². The fraction of sp³-hybridized carbons (Fsp3) is 0.714. The molecule has 18 heavy (non-hydrogen) atoms. The second-order valence-electron chi connectivity index (χ2n) is 4.82. The van der Waals surface area contributed by atoms with Gasteiger partial charge in [-0.2, -0.15) is 0 Å². The lowest BCUT2D eigenvalue weighted by Crippen LogP contribution is -2.10. The van der Waals surface area contributed by atoms with Crippen molar-refractivity contribution in [2.75, 3.05) is 0 Å². The molecule has 0 spiro atoms. The summed E-state index contributed by atoms with van der Waals surface area (Å²) in [6.45, 7) is 1.79. The van der Waals surface area contributed by atoms with Gasteiger partial charge in [0.2, 0.25) is 0 Å². The second-order valence-corrected chi connectivity index (χ2v) is 4.82. The van der Waals surface area contributed by atoms with Crippen LogP contribution in [0.2, 0.25) is 0 Å². The lowest BCUT2D eigenvalue weighted by molar-refractivity contribution is -0.114. The van der Waals surface area contributed by atoms with Crippen LogP contribution in [0.5, 0.6) is 0 Å². The lowest BCUT2D eigenvalue weighted by Gasteiger charge is -2.13. The molecule has 0 rings (SSSR count). The molecule has 0 fully saturated rings. The highest BCUT2D eigenvalue weighted by Gasteiger charge is 2.13. The third kappa shape index (κ3) is 7.87. The van der Waals surface area contributed by atoms with Gasteiger partial charge in [-0.1, -0.05) is 13.3 Å². The maximum atomic E-state index is 10.8. The number of carbonyl (C=O) groups is 4. The van der Waals surface area contributed by atoms with Crippen molar-refractivity contribution in [3.8, 4) is 0 Å². The van der Waals surface area contributed by atoms with E-state index in [1.165, 1.54) is 0 Å². The van der Waals surface area contributed by atoms with Crippen LogP contribution in [0.3, 0.4) is 0 Å². The zero-order valence-corrected chi connectivity index (χ0v) is 10.9. The first-order valence-corrected chi connectivity index (χ1v) is 6.47. The smallest absolute Gasteiger partial charge is 0.123 e. The highest BCUT2D eigenvalue weighted by molar-refractivity contribution is 5.57. The summed E-state index contributed by atoms with van der Waals surface area (Å²) in [5, 5.41) is 0. The molecule has 0 saturated carbocycles. The van der Waals surface area contributed by atoms with Gasteiger partial charge in [0, 0.05) is 24.2 Å². The summed E-state index contributed by atoms with van der Waals surface area (Å²) in [6.07, 6.45) is 7.20. The molecule has 0 saturated heterocycles. The van der Waals surface area contributed by atoms with Crippen molar-refractivity contribution in [2.24, 2.45) is 17.8 Å². The minimum Gasteiger partial charge on any atom is -0.303 e. The molecule has 0 aliphatic carbocycles. The number of hydrogen-bond donors (Lipinski definition) is 0. The molecule has 0 bridgehead atoms. The van der Waals surface area contributed by atoms with E-state index in [9.17, 15) is 19.2 Å². The van der Waals surface area contributed by atoms with E-state index in [1.54, 1.807) is 6.92 Å². The van der Waals surface area contributed by atoms with Crippen molar-refractivity contribution in [1.29, 1.82) is 0 Å². The van der Waals surface area contributed by atoms with E-state index in [1.807, 2.05) is 0 Å². The third-order valence-electron chi connectivity index (χ3n) is 3.10. The number of rotatable bonds is 12. The molecule has 0 amide bonds. The number of hydrogen-bond acceptors (Lipinski definition) is 4. The van der Waals surface area contributed by atoms with Gasteiger partial charge in [0.1, 0.15) is 25.1 Å². The molecule has 0 aliphatic rings. The van der Waals surface area contributed by atoms with E-state index in [-0.39, 0.29) is 17.8 Å². The SMILES string of the molecule is CC(C=O)CC(C=O)CCCC(C=O)CCC=O. The Morgan fingerprint density at radius 1 is 0.833 bits per heavy atom. The van der Waals surface area contributed by atoms with Gasteiger partial charge in [-0.3, -0.25) is 0 Å². The summed E-state index contributed by atoms with van der Waals surface area (Å²) >= 11 is 0. The Morgan fingerprint density at radius 3 is 1.94 bits per heavy atom. The summed E-state index contributed by atoms with van der Waals surface area (Å²) in [5.74, 6) is -0.299. The quantitative estimate of drug-likeness (QED) is 0.499. The monoisotopic (exact) mass is 254 g/mol. The van der Waals surface area contributed by atoms with Crippen molar-refractivity contribution in [2.45, 2.75) is 45.4 Å². The molecule has 0 N–H and O–H groups in total. The normalized spacial score (nSPS) is 15.4. The van der Waals surface area contributed by atoms with Crippen LogP contribution in [0.1, 0.15) is 45.4 Å². The van der Waals surface area contributed by atoms with Crippen molar-refractivity contribution in [3.63, 3.8) is 0 Å². The number of carbonyl (C=O) groups excluding carboxylic acids is 4. The third-order valence-corrected chi connectivity index (χ3v) is 3.10. The standard InChI is InChI=1S/C14H22O4/c1-12(9-16)8-14(11-18)5-2-4-13(10-17)6-3-7-15/h7,9-14H,2-6,8H2,1H3. The van der Waals surface area contributed by atoms with E-state index in [2.05, 4.69) is 0 Å². The first-order chi connectivity index (χ1) is 8.67. The van der Waals surface area contributed by atoms with Crippen LogP contribution in [0.15, 0.2) is 0 Å². The molecule has 0 heterocycles.